The zero-order chi connectivity index (χ0) is 17.5. The minimum atomic E-state index is -0.449. The molecular weight excluding hydrogens is 308 g/mol. The Kier molecular flexibility index (Phi) is 5.83. The Labute approximate surface area is 140 Å². The van der Waals surface area contributed by atoms with E-state index in [4.69, 9.17) is 0 Å². The average molecular weight is 328 g/mol. The van der Waals surface area contributed by atoms with Crippen LogP contribution in [0, 0.1) is 10.1 Å². The molecule has 0 aliphatic heterocycles. The zero-order valence-corrected chi connectivity index (χ0v) is 13.7. The highest BCUT2D eigenvalue weighted by Crippen LogP contribution is 2.29. The minimum Gasteiger partial charge on any atom is -0.370 e. The van der Waals surface area contributed by atoms with Gasteiger partial charge in [0.25, 0.3) is 5.69 Å². The largest absolute Gasteiger partial charge is 0.370 e. The molecule has 2 aromatic rings. The molecule has 7 heteroatoms. The third-order valence-corrected chi connectivity index (χ3v) is 3.23. The number of anilines is 1. The molecule has 24 heavy (non-hydrogen) atoms. The van der Waals surface area contributed by atoms with Gasteiger partial charge in [-0.15, -0.1) is 0 Å². The van der Waals surface area contributed by atoms with E-state index in [0.717, 1.165) is 0 Å². The summed E-state index contributed by atoms with van der Waals surface area (Å²) in [7, 11) is 0. The Morgan fingerprint density at radius 2 is 1.92 bits per heavy atom. The quantitative estimate of drug-likeness (QED) is 0.601. The van der Waals surface area contributed by atoms with Gasteiger partial charge in [-0.2, -0.15) is 0 Å². The van der Waals surface area contributed by atoms with Crippen LogP contribution in [0.4, 0.5) is 11.5 Å². The van der Waals surface area contributed by atoms with Crippen LogP contribution in [0.15, 0.2) is 42.5 Å². The number of nitrogens with one attached hydrogen (secondary N) is 2. The van der Waals surface area contributed by atoms with Crippen molar-refractivity contribution < 1.29 is 9.72 Å². The number of pyridine rings is 1. The number of nitro groups is 1. The molecule has 2 N–H and O–H groups in total. The number of aromatic nitrogens is 1. The lowest BCUT2D eigenvalue weighted by atomic mass is 10.1. The molecule has 0 unspecified atom stereocenters. The molecule has 0 aliphatic rings. The number of benzene rings is 1. The molecule has 0 saturated heterocycles. The summed E-state index contributed by atoms with van der Waals surface area (Å²) < 4.78 is 0. The molecule has 7 nitrogen and oxygen atoms in total. The highest BCUT2D eigenvalue weighted by molar-refractivity contribution is 5.76. The molecule has 0 atom stereocenters. The van der Waals surface area contributed by atoms with Gasteiger partial charge in [-0.25, -0.2) is 4.98 Å². The molecule has 0 saturated carbocycles. The number of amides is 1. The summed E-state index contributed by atoms with van der Waals surface area (Å²) in [6.07, 6.45) is 0.303. The Balaban J connectivity index is 2.12. The molecule has 1 amide bonds. The average Bonchev–Trinajstić information content (AvgIpc) is 2.54. The van der Waals surface area contributed by atoms with E-state index in [9.17, 15) is 14.9 Å². The third-order valence-electron chi connectivity index (χ3n) is 3.23. The summed E-state index contributed by atoms with van der Waals surface area (Å²) >= 11 is 0. The Hall–Kier alpha value is -2.96. The molecule has 0 bridgehead atoms. The predicted octanol–water partition coefficient (Wildman–Crippen LogP) is 2.98. The summed E-state index contributed by atoms with van der Waals surface area (Å²) in [5.74, 6) is 0.444. The third kappa shape index (κ3) is 4.77. The van der Waals surface area contributed by atoms with Gasteiger partial charge in [-0.1, -0.05) is 30.3 Å². The fourth-order valence-electron chi connectivity index (χ4n) is 2.20. The van der Waals surface area contributed by atoms with Gasteiger partial charge in [0, 0.05) is 30.6 Å². The van der Waals surface area contributed by atoms with E-state index in [1.807, 2.05) is 19.9 Å². The van der Waals surface area contributed by atoms with Crippen LogP contribution in [-0.4, -0.2) is 28.4 Å². The van der Waals surface area contributed by atoms with Gasteiger partial charge in [0.05, 0.1) is 4.92 Å². The second-order valence-electron chi connectivity index (χ2n) is 5.59. The summed E-state index contributed by atoms with van der Waals surface area (Å²) in [5.41, 5.74) is 0.923. The van der Waals surface area contributed by atoms with E-state index in [-0.39, 0.29) is 17.6 Å². The van der Waals surface area contributed by atoms with Gasteiger partial charge in [0.2, 0.25) is 5.91 Å². The lowest BCUT2D eigenvalue weighted by Gasteiger charge is -2.10. The minimum absolute atomic E-state index is 0.0516. The van der Waals surface area contributed by atoms with E-state index in [1.54, 1.807) is 30.3 Å². The summed E-state index contributed by atoms with van der Waals surface area (Å²) in [6, 6.07) is 12.1. The van der Waals surface area contributed by atoms with Crippen LogP contribution in [0.5, 0.6) is 0 Å². The monoisotopic (exact) mass is 328 g/mol. The van der Waals surface area contributed by atoms with E-state index in [2.05, 4.69) is 15.6 Å². The van der Waals surface area contributed by atoms with E-state index in [1.165, 1.54) is 6.07 Å². The molecule has 1 aromatic carbocycles. The van der Waals surface area contributed by atoms with Crippen molar-refractivity contribution in [3.05, 3.63) is 52.6 Å². The maximum Gasteiger partial charge on any atom is 0.295 e. The van der Waals surface area contributed by atoms with Crippen molar-refractivity contribution in [2.24, 2.45) is 0 Å². The van der Waals surface area contributed by atoms with Crippen molar-refractivity contribution >= 4 is 17.4 Å². The number of nitrogens with zero attached hydrogens (tertiary/aromatic N) is 2. The van der Waals surface area contributed by atoms with Gasteiger partial charge < -0.3 is 10.6 Å². The standard InChI is InChI=1S/C17H20N4O3/c1-12(2)19-16(22)10-11-18-15-9-8-14(21(23)24)17(20-15)13-6-4-3-5-7-13/h3-9,12H,10-11H2,1-2H3,(H,18,20)(H,19,22). The normalized spacial score (nSPS) is 10.5. The van der Waals surface area contributed by atoms with Gasteiger partial charge >= 0.3 is 0 Å². The molecule has 0 fully saturated rings. The molecule has 0 radical (unpaired) electrons. The van der Waals surface area contributed by atoms with Crippen LogP contribution in [0.2, 0.25) is 0 Å². The number of carbonyl (C=O) groups is 1. The molecule has 126 valence electrons. The van der Waals surface area contributed by atoms with Crippen molar-refractivity contribution in [2.45, 2.75) is 26.3 Å². The molecule has 2 rings (SSSR count). The lowest BCUT2D eigenvalue weighted by Crippen LogP contribution is -2.31. The first-order valence-corrected chi connectivity index (χ1v) is 7.71. The smallest absolute Gasteiger partial charge is 0.295 e. The van der Waals surface area contributed by atoms with Crippen LogP contribution in [0.3, 0.4) is 0 Å². The van der Waals surface area contributed by atoms with Gasteiger partial charge in [0.1, 0.15) is 5.82 Å². The summed E-state index contributed by atoms with van der Waals surface area (Å²) in [4.78, 5) is 26.7. The highest BCUT2D eigenvalue weighted by atomic mass is 16.6. The maximum atomic E-state index is 11.6. The van der Waals surface area contributed by atoms with Crippen molar-refractivity contribution in [3.8, 4) is 11.3 Å². The fraction of sp³-hybridized carbons (Fsp3) is 0.294. The number of rotatable bonds is 7. The van der Waals surface area contributed by atoms with Crippen LogP contribution >= 0.6 is 0 Å². The second-order valence-corrected chi connectivity index (χ2v) is 5.59. The van der Waals surface area contributed by atoms with Crippen LogP contribution in [0.1, 0.15) is 20.3 Å². The lowest BCUT2D eigenvalue weighted by molar-refractivity contribution is -0.384. The van der Waals surface area contributed by atoms with Gasteiger partial charge in [0.15, 0.2) is 5.69 Å². The van der Waals surface area contributed by atoms with Crippen LogP contribution in [-0.2, 0) is 4.79 Å². The van der Waals surface area contributed by atoms with Crippen molar-refractivity contribution in [3.63, 3.8) is 0 Å². The van der Waals surface area contributed by atoms with E-state index in [0.29, 0.717) is 30.0 Å². The number of hydrogen-bond donors (Lipinski definition) is 2. The Morgan fingerprint density at radius 1 is 1.21 bits per heavy atom. The van der Waals surface area contributed by atoms with Gasteiger partial charge in [-0.3, -0.25) is 14.9 Å². The van der Waals surface area contributed by atoms with Gasteiger partial charge in [-0.05, 0) is 19.9 Å². The van der Waals surface area contributed by atoms with Crippen molar-refractivity contribution in [1.82, 2.24) is 10.3 Å². The first-order chi connectivity index (χ1) is 11.5. The predicted molar refractivity (Wildman–Crippen MR) is 92.7 cm³/mol. The molecule has 0 aliphatic carbocycles. The maximum absolute atomic E-state index is 11.6. The molecule has 1 heterocycles. The Bertz CT molecular complexity index is 717. The number of hydrogen-bond acceptors (Lipinski definition) is 5. The molecule has 1 aromatic heterocycles. The topological polar surface area (TPSA) is 97.2 Å². The second kappa shape index (κ2) is 8.05. The zero-order valence-electron chi connectivity index (χ0n) is 13.7. The summed E-state index contributed by atoms with van der Waals surface area (Å²) in [5, 5.41) is 17.0. The van der Waals surface area contributed by atoms with E-state index >= 15 is 0 Å². The van der Waals surface area contributed by atoms with Crippen molar-refractivity contribution in [1.29, 1.82) is 0 Å². The summed E-state index contributed by atoms with van der Waals surface area (Å²) in [6.45, 7) is 4.20. The first-order valence-electron chi connectivity index (χ1n) is 7.71. The van der Waals surface area contributed by atoms with Crippen LogP contribution < -0.4 is 10.6 Å². The van der Waals surface area contributed by atoms with Crippen LogP contribution in [0.25, 0.3) is 11.3 Å². The first kappa shape index (κ1) is 17.4. The van der Waals surface area contributed by atoms with Crippen molar-refractivity contribution in [2.75, 3.05) is 11.9 Å². The fourth-order valence-corrected chi connectivity index (χ4v) is 2.20. The highest BCUT2D eigenvalue weighted by Gasteiger charge is 2.17. The molecular formula is C17H20N4O3. The number of carbonyl (C=O) groups excluding carboxylic acids is 1. The SMILES string of the molecule is CC(C)NC(=O)CCNc1ccc([N+](=O)[O-])c(-c2ccccc2)n1. The Morgan fingerprint density at radius 3 is 2.54 bits per heavy atom. The van der Waals surface area contributed by atoms with E-state index < -0.39 is 4.92 Å². The molecule has 0 spiro atoms.